The van der Waals surface area contributed by atoms with E-state index < -0.39 is 27.6 Å². The molecule has 0 spiro atoms. The van der Waals surface area contributed by atoms with Crippen molar-refractivity contribution < 1.29 is 26.3 Å². The maximum atomic E-state index is 12.4. The molecule has 0 radical (unpaired) electrons. The van der Waals surface area contributed by atoms with Crippen molar-refractivity contribution in [1.29, 1.82) is 0 Å². The van der Waals surface area contributed by atoms with Gasteiger partial charge in [-0.1, -0.05) is 20.8 Å². The van der Waals surface area contributed by atoms with Crippen molar-refractivity contribution in [3.8, 4) is 5.75 Å². The number of nitrogens with one attached hydrogen (secondary N) is 1. The SMILES string of the molecule is CC(C)(C)c1cc(OC(F)(F)F)cc(S(=O)(=O)NCCN)c1. The summed E-state index contributed by atoms with van der Waals surface area (Å²) in [6.07, 6.45) is -4.90. The van der Waals surface area contributed by atoms with E-state index in [2.05, 4.69) is 9.46 Å². The highest BCUT2D eigenvalue weighted by atomic mass is 32.2. The van der Waals surface area contributed by atoms with E-state index >= 15 is 0 Å². The molecule has 0 fully saturated rings. The maximum Gasteiger partial charge on any atom is 0.573 e. The summed E-state index contributed by atoms with van der Waals surface area (Å²) < 4.78 is 67.4. The molecule has 0 aromatic heterocycles. The lowest BCUT2D eigenvalue weighted by Crippen LogP contribution is -2.29. The molecule has 0 aliphatic rings. The van der Waals surface area contributed by atoms with E-state index in [1.807, 2.05) is 0 Å². The highest BCUT2D eigenvalue weighted by Gasteiger charge is 2.32. The predicted octanol–water partition coefficient (Wildman–Crippen LogP) is 2.12. The highest BCUT2D eigenvalue weighted by Crippen LogP contribution is 2.32. The quantitative estimate of drug-likeness (QED) is 0.860. The van der Waals surface area contributed by atoms with Gasteiger partial charge in [0, 0.05) is 19.2 Å². The summed E-state index contributed by atoms with van der Waals surface area (Å²) in [5.74, 6) is -0.576. The standard InChI is InChI=1S/C13H19F3N2O3S/c1-12(2,3)9-6-10(21-13(14,15)16)8-11(7-9)22(19,20)18-5-4-17/h6-8,18H,4-5,17H2,1-3H3. The van der Waals surface area contributed by atoms with Crippen LogP contribution in [0.3, 0.4) is 0 Å². The fourth-order valence-electron chi connectivity index (χ4n) is 1.63. The van der Waals surface area contributed by atoms with Crippen molar-refractivity contribution in [3.05, 3.63) is 23.8 Å². The summed E-state index contributed by atoms with van der Waals surface area (Å²) in [6, 6.07) is 3.33. The monoisotopic (exact) mass is 340 g/mol. The molecule has 0 amide bonds. The Kier molecular flexibility index (Phi) is 5.47. The molecule has 22 heavy (non-hydrogen) atoms. The molecule has 0 saturated heterocycles. The molecule has 126 valence electrons. The minimum Gasteiger partial charge on any atom is -0.406 e. The van der Waals surface area contributed by atoms with E-state index in [1.54, 1.807) is 20.8 Å². The van der Waals surface area contributed by atoms with Gasteiger partial charge < -0.3 is 10.5 Å². The number of hydrogen-bond donors (Lipinski definition) is 2. The van der Waals surface area contributed by atoms with Gasteiger partial charge in [-0.2, -0.15) is 0 Å². The molecular formula is C13H19F3N2O3S. The number of ether oxygens (including phenoxy) is 1. The second-order valence-electron chi connectivity index (χ2n) is 5.68. The van der Waals surface area contributed by atoms with E-state index in [0.29, 0.717) is 5.56 Å². The van der Waals surface area contributed by atoms with Crippen LogP contribution in [0.2, 0.25) is 0 Å². The minimum atomic E-state index is -4.90. The van der Waals surface area contributed by atoms with Crippen LogP contribution >= 0.6 is 0 Å². The van der Waals surface area contributed by atoms with E-state index in [9.17, 15) is 21.6 Å². The molecule has 0 saturated carbocycles. The Morgan fingerprint density at radius 3 is 2.23 bits per heavy atom. The molecule has 1 rings (SSSR count). The summed E-state index contributed by atoms with van der Waals surface area (Å²) in [4.78, 5) is -0.298. The van der Waals surface area contributed by atoms with Gasteiger partial charge >= 0.3 is 6.36 Å². The van der Waals surface area contributed by atoms with Crippen molar-refractivity contribution in [3.63, 3.8) is 0 Å². The van der Waals surface area contributed by atoms with E-state index in [0.717, 1.165) is 6.07 Å². The number of alkyl halides is 3. The Morgan fingerprint density at radius 1 is 1.18 bits per heavy atom. The van der Waals surface area contributed by atoms with Crippen molar-refractivity contribution in [2.75, 3.05) is 13.1 Å². The normalized spacial score (nSPS) is 13.2. The largest absolute Gasteiger partial charge is 0.573 e. The average molecular weight is 340 g/mol. The average Bonchev–Trinajstić information content (AvgIpc) is 2.33. The maximum absolute atomic E-state index is 12.4. The lowest BCUT2D eigenvalue weighted by molar-refractivity contribution is -0.274. The second-order valence-corrected chi connectivity index (χ2v) is 7.44. The summed E-state index contributed by atoms with van der Waals surface area (Å²) in [5.41, 5.74) is 5.08. The number of rotatable bonds is 5. The first-order chi connectivity index (χ1) is 9.85. The van der Waals surface area contributed by atoms with E-state index in [-0.39, 0.29) is 18.0 Å². The fraction of sp³-hybridized carbons (Fsp3) is 0.538. The second kappa shape index (κ2) is 6.43. The third-order valence-electron chi connectivity index (χ3n) is 2.73. The summed E-state index contributed by atoms with van der Waals surface area (Å²) >= 11 is 0. The minimum absolute atomic E-state index is 0.0163. The Morgan fingerprint density at radius 2 is 1.77 bits per heavy atom. The van der Waals surface area contributed by atoms with Crippen molar-refractivity contribution in [2.24, 2.45) is 5.73 Å². The molecule has 9 heteroatoms. The molecular weight excluding hydrogens is 321 g/mol. The van der Waals surface area contributed by atoms with Gasteiger partial charge in [-0.15, -0.1) is 13.2 Å². The number of sulfonamides is 1. The first kappa shape index (κ1) is 18.7. The number of hydrogen-bond acceptors (Lipinski definition) is 4. The van der Waals surface area contributed by atoms with Crippen LogP contribution in [-0.4, -0.2) is 27.9 Å². The van der Waals surface area contributed by atoms with Crippen LogP contribution in [0.15, 0.2) is 23.1 Å². The Balaban J connectivity index is 3.36. The smallest absolute Gasteiger partial charge is 0.406 e. The Bertz CT molecular complexity index is 622. The fourth-order valence-corrected chi connectivity index (χ4v) is 2.74. The van der Waals surface area contributed by atoms with Gasteiger partial charge in [0.2, 0.25) is 10.0 Å². The molecule has 3 N–H and O–H groups in total. The molecule has 0 aliphatic heterocycles. The number of nitrogens with two attached hydrogens (primary N) is 1. The van der Waals surface area contributed by atoms with E-state index in [1.165, 1.54) is 12.1 Å². The molecule has 1 aromatic rings. The van der Waals surface area contributed by atoms with Gasteiger partial charge in [0.15, 0.2) is 0 Å². The van der Waals surface area contributed by atoms with Crippen LogP contribution in [0.4, 0.5) is 13.2 Å². The number of benzene rings is 1. The highest BCUT2D eigenvalue weighted by molar-refractivity contribution is 7.89. The lowest BCUT2D eigenvalue weighted by atomic mass is 9.87. The van der Waals surface area contributed by atoms with Crippen molar-refractivity contribution in [2.45, 2.75) is 37.4 Å². The van der Waals surface area contributed by atoms with Crippen molar-refractivity contribution >= 4 is 10.0 Å². The molecule has 0 aliphatic carbocycles. The van der Waals surface area contributed by atoms with Crippen LogP contribution in [0, 0.1) is 0 Å². The third-order valence-corrected chi connectivity index (χ3v) is 4.17. The first-order valence-corrected chi connectivity index (χ1v) is 7.94. The van der Waals surface area contributed by atoms with Gasteiger partial charge in [-0.05, 0) is 23.1 Å². The Hall–Kier alpha value is -1.32. The zero-order chi connectivity index (χ0) is 17.2. The molecule has 0 unspecified atom stereocenters. The summed E-state index contributed by atoms with van der Waals surface area (Å²) in [5, 5.41) is 0. The van der Waals surface area contributed by atoms with Crippen LogP contribution in [0.1, 0.15) is 26.3 Å². The van der Waals surface area contributed by atoms with Crippen LogP contribution < -0.4 is 15.2 Å². The van der Waals surface area contributed by atoms with Gasteiger partial charge in [-0.3, -0.25) is 0 Å². The molecule has 0 atom stereocenters. The van der Waals surface area contributed by atoms with Gasteiger partial charge in [-0.25, -0.2) is 13.1 Å². The Labute approximate surface area is 127 Å². The topological polar surface area (TPSA) is 81.4 Å². The molecule has 0 bridgehead atoms. The van der Waals surface area contributed by atoms with Gasteiger partial charge in [0.05, 0.1) is 4.90 Å². The summed E-state index contributed by atoms with van der Waals surface area (Å²) in [6.45, 7) is 5.32. The molecule has 1 aromatic carbocycles. The third kappa shape index (κ3) is 5.47. The van der Waals surface area contributed by atoms with E-state index in [4.69, 9.17) is 5.73 Å². The molecule has 0 heterocycles. The van der Waals surface area contributed by atoms with Crippen LogP contribution in [0.5, 0.6) is 5.75 Å². The van der Waals surface area contributed by atoms with Gasteiger partial charge in [0.25, 0.3) is 0 Å². The molecule has 5 nitrogen and oxygen atoms in total. The van der Waals surface area contributed by atoms with Crippen LogP contribution in [0.25, 0.3) is 0 Å². The zero-order valence-electron chi connectivity index (χ0n) is 12.5. The lowest BCUT2D eigenvalue weighted by Gasteiger charge is -2.21. The number of halogens is 3. The zero-order valence-corrected chi connectivity index (χ0v) is 13.3. The van der Waals surface area contributed by atoms with Gasteiger partial charge in [0.1, 0.15) is 5.75 Å². The first-order valence-electron chi connectivity index (χ1n) is 6.46. The van der Waals surface area contributed by atoms with Crippen LogP contribution in [-0.2, 0) is 15.4 Å². The van der Waals surface area contributed by atoms with Crippen molar-refractivity contribution in [1.82, 2.24) is 4.72 Å². The summed E-state index contributed by atoms with van der Waals surface area (Å²) in [7, 11) is -3.96. The predicted molar refractivity (Wildman–Crippen MR) is 76.1 cm³/mol.